The van der Waals surface area contributed by atoms with Gasteiger partial charge >= 0.3 is 0 Å². The summed E-state index contributed by atoms with van der Waals surface area (Å²) in [6.07, 6.45) is 3.64. The summed E-state index contributed by atoms with van der Waals surface area (Å²) in [4.78, 5) is 11.9. The van der Waals surface area contributed by atoms with Gasteiger partial charge in [0.2, 0.25) is 0 Å². The largest absolute Gasteiger partial charge is 0.354 e. The van der Waals surface area contributed by atoms with Crippen molar-refractivity contribution >= 4 is 29.9 Å². The molecule has 0 spiro atoms. The fourth-order valence-corrected chi connectivity index (χ4v) is 4.22. The van der Waals surface area contributed by atoms with E-state index < -0.39 is 0 Å². The molecule has 0 amide bonds. The Morgan fingerprint density at radius 1 is 0.967 bits per heavy atom. The number of hydrogen-bond donors (Lipinski definition) is 2. The minimum atomic E-state index is 0. The maximum Gasteiger partial charge on any atom is 0.191 e. The van der Waals surface area contributed by atoms with Gasteiger partial charge in [0.05, 0.1) is 0 Å². The number of likely N-dealkylation sites (tertiary alicyclic amines) is 1. The van der Waals surface area contributed by atoms with Gasteiger partial charge in [-0.05, 0) is 44.0 Å². The standard InChI is InChI=1S/C23H40N6.HI/c1-4-11-28-12-9-22(10-13-28)26-23(24-2)25-18-20-5-7-21(8-6-20)19-29-16-14-27(3)15-17-29;/h5-8,22H,4,9-19H2,1-3H3,(H2,24,25,26);1H. The third kappa shape index (κ3) is 8.32. The molecule has 7 heteroatoms. The van der Waals surface area contributed by atoms with Crippen LogP contribution in [0.1, 0.15) is 37.3 Å². The van der Waals surface area contributed by atoms with Crippen molar-refractivity contribution in [2.75, 3.05) is 59.9 Å². The number of nitrogens with zero attached hydrogens (tertiary/aromatic N) is 4. The highest BCUT2D eigenvalue weighted by molar-refractivity contribution is 14.0. The molecule has 1 aromatic carbocycles. The molecule has 3 rings (SSSR count). The number of halogens is 1. The first kappa shape index (κ1) is 25.4. The topological polar surface area (TPSA) is 46.1 Å². The van der Waals surface area contributed by atoms with Crippen molar-refractivity contribution in [1.29, 1.82) is 0 Å². The van der Waals surface area contributed by atoms with E-state index in [2.05, 4.69) is 68.6 Å². The summed E-state index contributed by atoms with van der Waals surface area (Å²) >= 11 is 0. The molecule has 2 N–H and O–H groups in total. The Morgan fingerprint density at radius 2 is 1.60 bits per heavy atom. The first-order chi connectivity index (χ1) is 14.2. The summed E-state index contributed by atoms with van der Waals surface area (Å²) in [6, 6.07) is 9.56. The second-order valence-electron chi connectivity index (χ2n) is 8.58. The summed E-state index contributed by atoms with van der Waals surface area (Å²) < 4.78 is 0. The summed E-state index contributed by atoms with van der Waals surface area (Å²) in [5.74, 6) is 0.917. The van der Waals surface area contributed by atoms with E-state index in [0.29, 0.717) is 6.04 Å². The molecular formula is C23H41IN6. The van der Waals surface area contributed by atoms with Crippen LogP contribution in [0.3, 0.4) is 0 Å². The number of rotatable bonds is 7. The average Bonchev–Trinajstić information content (AvgIpc) is 2.75. The van der Waals surface area contributed by atoms with Gasteiger partial charge in [-0.2, -0.15) is 0 Å². The zero-order chi connectivity index (χ0) is 20.5. The van der Waals surface area contributed by atoms with Gasteiger partial charge in [0, 0.05) is 65.4 Å². The van der Waals surface area contributed by atoms with Crippen LogP contribution in [0.5, 0.6) is 0 Å². The van der Waals surface area contributed by atoms with Gasteiger partial charge in [0.15, 0.2) is 5.96 Å². The minimum absolute atomic E-state index is 0. The van der Waals surface area contributed by atoms with Crippen LogP contribution in [0.15, 0.2) is 29.3 Å². The Balaban J connectivity index is 0.00000320. The quantitative estimate of drug-likeness (QED) is 0.324. The van der Waals surface area contributed by atoms with Gasteiger partial charge in [-0.15, -0.1) is 24.0 Å². The Bertz CT molecular complexity index is 619. The Morgan fingerprint density at radius 3 is 2.20 bits per heavy atom. The molecule has 0 unspecified atom stereocenters. The Hall–Kier alpha value is -0.900. The van der Waals surface area contributed by atoms with Crippen molar-refractivity contribution in [2.45, 2.75) is 45.3 Å². The van der Waals surface area contributed by atoms with E-state index in [1.54, 1.807) is 0 Å². The molecule has 2 saturated heterocycles. The maximum atomic E-state index is 4.42. The van der Waals surface area contributed by atoms with Gasteiger partial charge in [-0.25, -0.2) is 0 Å². The van der Waals surface area contributed by atoms with Gasteiger partial charge in [0.25, 0.3) is 0 Å². The first-order valence-corrected chi connectivity index (χ1v) is 11.3. The van der Waals surface area contributed by atoms with Crippen LogP contribution in [0.4, 0.5) is 0 Å². The number of likely N-dealkylation sites (N-methyl/N-ethyl adjacent to an activating group) is 1. The molecule has 0 aromatic heterocycles. The van der Waals surface area contributed by atoms with Crippen LogP contribution in [0.2, 0.25) is 0 Å². The zero-order valence-corrected chi connectivity index (χ0v) is 21.4. The van der Waals surface area contributed by atoms with Crippen molar-refractivity contribution in [3.05, 3.63) is 35.4 Å². The second kappa shape index (κ2) is 13.5. The third-order valence-corrected chi connectivity index (χ3v) is 6.18. The molecule has 0 radical (unpaired) electrons. The van der Waals surface area contributed by atoms with Crippen molar-refractivity contribution in [1.82, 2.24) is 25.3 Å². The molecule has 0 atom stereocenters. The molecule has 2 fully saturated rings. The fraction of sp³-hybridized carbons (Fsp3) is 0.696. The number of guanidine groups is 1. The van der Waals surface area contributed by atoms with E-state index in [0.717, 1.165) is 19.0 Å². The van der Waals surface area contributed by atoms with Crippen LogP contribution >= 0.6 is 24.0 Å². The highest BCUT2D eigenvalue weighted by Gasteiger charge is 2.19. The lowest BCUT2D eigenvalue weighted by molar-refractivity contribution is 0.148. The number of nitrogens with one attached hydrogen (secondary N) is 2. The highest BCUT2D eigenvalue weighted by atomic mass is 127. The van der Waals surface area contributed by atoms with Crippen molar-refractivity contribution < 1.29 is 0 Å². The van der Waals surface area contributed by atoms with Crippen LogP contribution in [-0.2, 0) is 13.1 Å². The smallest absolute Gasteiger partial charge is 0.191 e. The van der Waals surface area contributed by atoms with E-state index in [9.17, 15) is 0 Å². The van der Waals surface area contributed by atoms with E-state index >= 15 is 0 Å². The molecule has 2 heterocycles. The lowest BCUT2D eigenvalue weighted by Gasteiger charge is -2.32. The Kier molecular flexibility index (Phi) is 11.4. The molecule has 1 aromatic rings. The minimum Gasteiger partial charge on any atom is -0.354 e. The van der Waals surface area contributed by atoms with Gasteiger partial charge in [-0.3, -0.25) is 9.89 Å². The van der Waals surface area contributed by atoms with E-state index in [-0.39, 0.29) is 24.0 Å². The molecule has 6 nitrogen and oxygen atoms in total. The summed E-state index contributed by atoms with van der Waals surface area (Å²) in [7, 11) is 4.07. The van der Waals surface area contributed by atoms with Crippen molar-refractivity contribution in [2.24, 2.45) is 4.99 Å². The molecule has 2 aliphatic rings. The number of piperidine rings is 1. The number of aliphatic imine (C=N–C) groups is 1. The Labute approximate surface area is 200 Å². The molecular weight excluding hydrogens is 487 g/mol. The fourth-order valence-electron chi connectivity index (χ4n) is 4.22. The first-order valence-electron chi connectivity index (χ1n) is 11.3. The van der Waals surface area contributed by atoms with Gasteiger partial charge < -0.3 is 20.4 Å². The lowest BCUT2D eigenvalue weighted by atomic mass is 10.1. The maximum absolute atomic E-state index is 4.42. The molecule has 0 aliphatic carbocycles. The SMILES string of the molecule is CCCN1CCC(NC(=NC)NCc2ccc(CN3CCN(C)CC3)cc2)CC1.I. The molecule has 0 bridgehead atoms. The zero-order valence-electron chi connectivity index (χ0n) is 19.1. The van der Waals surface area contributed by atoms with E-state index in [4.69, 9.17) is 0 Å². The summed E-state index contributed by atoms with van der Waals surface area (Å²) in [5, 5.41) is 7.09. The van der Waals surface area contributed by atoms with Crippen LogP contribution in [0.25, 0.3) is 0 Å². The molecule has 170 valence electrons. The van der Waals surface area contributed by atoms with E-state index in [1.807, 2.05) is 7.05 Å². The predicted octanol–water partition coefficient (Wildman–Crippen LogP) is 2.59. The lowest BCUT2D eigenvalue weighted by Crippen LogP contribution is -2.48. The third-order valence-electron chi connectivity index (χ3n) is 6.18. The van der Waals surface area contributed by atoms with Crippen molar-refractivity contribution in [3.8, 4) is 0 Å². The number of piperazine rings is 1. The summed E-state index contributed by atoms with van der Waals surface area (Å²) in [6.45, 7) is 12.4. The number of benzene rings is 1. The molecule has 2 aliphatic heterocycles. The predicted molar refractivity (Wildman–Crippen MR) is 138 cm³/mol. The molecule has 0 saturated carbocycles. The van der Waals surface area contributed by atoms with E-state index in [1.165, 1.54) is 76.2 Å². The van der Waals surface area contributed by atoms with Crippen LogP contribution in [0, 0.1) is 0 Å². The highest BCUT2D eigenvalue weighted by Crippen LogP contribution is 2.11. The molecule has 30 heavy (non-hydrogen) atoms. The number of hydrogen-bond acceptors (Lipinski definition) is 4. The van der Waals surface area contributed by atoms with Crippen LogP contribution in [-0.4, -0.2) is 86.6 Å². The van der Waals surface area contributed by atoms with Gasteiger partial charge in [0.1, 0.15) is 0 Å². The normalized spacial score (nSPS) is 20.0. The monoisotopic (exact) mass is 528 g/mol. The van der Waals surface area contributed by atoms with Gasteiger partial charge in [-0.1, -0.05) is 31.2 Å². The van der Waals surface area contributed by atoms with Crippen molar-refractivity contribution in [3.63, 3.8) is 0 Å². The summed E-state index contributed by atoms with van der Waals surface area (Å²) in [5.41, 5.74) is 2.70. The second-order valence-corrected chi connectivity index (χ2v) is 8.58. The average molecular weight is 529 g/mol. The van der Waals surface area contributed by atoms with Crippen LogP contribution < -0.4 is 10.6 Å².